The second kappa shape index (κ2) is 4.48. The Bertz CT molecular complexity index is 590. The van der Waals surface area contributed by atoms with Gasteiger partial charge in [0.05, 0.1) is 5.69 Å². The van der Waals surface area contributed by atoms with Crippen molar-refractivity contribution in [1.82, 2.24) is 9.78 Å². The van der Waals surface area contributed by atoms with E-state index in [1.165, 1.54) is 0 Å². The number of aromatic nitrogens is 2. The summed E-state index contributed by atoms with van der Waals surface area (Å²) in [6.45, 7) is 1.74. The first-order valence-electron chi connectivity index (χ1n) is 4.88. The Hall–Kier alpha value is -1.20. The molecule has 0 amide bonds. The summed E-state index contributed by atoms with van der Waals surface area (Å²) in [4.78, 5) is 0. The van der Waals surface area contributed by atoms with Gasteiger partial charge in [-0.15, -0.1) is 0 Å². The zero-order chi connectivity index (χ0) is 13.5. The van der Waals surface area contributed by atoms with E-state index < -0.39 is 11.9 Å². The molecular weight excluding hydrogens is 288 g/mol. The largest absolute Gasteiger partial charge is 0.435 e. The van der Waals surface area contributed by atoms with Gasteiger partial charge in [0.25, 0.3) is 0 Å². The van der Waals surface area contributed by atoms with Crippen LogP contribution in [0.25, 0.3) is 5.69 Å². The molecule has 2 aromatic rings. The van der Waals surface area contributed by atoms with Crippen molar-refractivity contribution in [2.75, 3.05) is 0 Å². The number of hydrogen-bond donors (Lipinski definition) is 0. The summed E-state index contributed by atoms with van der Waals surface area (Å²) in [5.74, 6) is 0. The maximum absolute atomic E-state index is 12.5. The topological polar surface area (TPSA) is 17.8 Å². The molecule has 0 aliphatic rings. The Morgan fingerprint density at radius 3 is 2.33 bits per heavy atom. The lowest BCUT2D eigenvalue weighted by Gasteiger charge is -2.05. The van der Waals surface area contributed by atoms with E-state index in [2.05, 4.69) is 5.10 Å². The number of aryl methyl sites for hydroxylation is 1. The molecule has 96 valence electrons. The monoisotopic (exact) mass is 294 g/mol. The van der Waals surface area contributed by atoms with Crippen LogP contribution in [0.15, 0.2) is 24.3 Å². The van der Waals surface area contributed by atoms with Gasteiger partial charge in [0, 0.05) is 11.1 Å². The molecule has 0 unspecified atom stereocenters. The van der Waals surface area contributed by atoms with E-state index in [0.29, 0.717) is 10.7 Å². The third kappa shape index (κ3) is 2.47. The lowest BCUT2D eigenvalue weighted by Crippen LogP contribution is -2.07. The van der Waals surface area contributed by atoms with Crippen LogP contribution >= 0.6 is 23.2 Å². The van der Waals surface area contributed by atoms with Crippen LogP contribution in [0.4, 0.5) is 13.2 Å². The molecule has 7 heteroatoms. The molecule has 1 heterocycles. The first kappa shape index (κ1) is 13.2. The molecule has 1 aromatic heterocycles. The van der Waals surface area contributed by atoms with E-state index in [0.717, 1.165) is 16.3 Å². The Labute approximate surface area is 111 Å². The van der Waals surface area contributed by atoms with E-state index in [1.807, 2.05) is 0 Å². The second-order valence-electron chi connectivity index (χ2n) is 3.70. The van der Waals surface area contributed by atoms with E-state index in [1.54, 1.807) is 25.1 Å². The third-order valence-electron chi connectivity index (χ3n) is 2.34. The smallest absolute Gasteiger partial charge is 0.222 e. The van der Waals surface area contributed by atoms with Gasteiger partial charge in [-0.2, -0.15) is 18.3 Å². The van der Waals surface area contributed by atoms with Crippen LogP contribution in [0.1, 0.15) is 11.3 Å². The van der Waals surface area contributed by atoms with Gasteiger partial charge in [0.15, 0.2) is 5.69 Å². The Morgan fingerprint density at radius 1 is 1.17 bits per heavy atom. The average molecular weight is 295 g/mol. The van der Waals surface area contributed by atoms with Crippen molar-refractivity contribution in [2.45, 2.75) is 13.1 Å². The van der Waals surface area contributed by atoms with Crippen LogP contribution in [0.5, 0.6) is 0 Å². The van der Waals surface area contributed by atoms with Gasteiger partial charge in [0.2, 0.25) is 0 Å². The molecule has 18 heavy (non-hydrogen) atoms. The molecule has 0 saturated heterocycles. The van der Waals surface area contributed by atoms with Crippen molar-refractivity contribution in [2.24, 2.45) is 0 Å². The van der Waals surface area contributed by atoms with Crippen molar-refractivity contribution in [3.05, 3.63) is 45.7 Å². The zero-order valence-corrected chi connectivity index (χ0v) is 10.6. The highest BCUT2D eigenvalue weighted by atomic mass is 35.5. The van der Waals surface area contributed by atoms with Crippen molar-refractivity contribution < 1.29 is 13.2 Å². The molecule has 0 N–H and O–H groups in total. The number of halogens is 5. The predicted molar refractivity (Wildman–Crippen MR) is 63.3 cm³/mol. The van der Waals surface area contributed by atoms with Gasteiger partial charge >= 0.3 is 6.18 Å². The van der Waals surface area contributed by atoms with E-state index in [4.69, 9.17) is 23.2 Å². The molecule has 0 aliphatic heterocycles. The number of nitrogens with zero attached hydrogens (tertiary/aromatic N) is 2. The lowest BCUT2D eigenvalue weighted by atomic mass is 10.2. The minimum Gasteiger partial charge on any atom is -0.222 e. The van der Waals surface area contributed by atoms with Crippen LogP contribution in [0.3, 0.4) is 0 Å². The molecule has 0 bridgehead atoms. The predicted octanol–water partition coefficient (Wildman–Crippen LogP) is 4.51. The molecule has 0 atom stereocenters. The lowest BCUT2D eigenvalue weighted by molar-refractivity contribution is -0.141. The van der Waals surface area contributed by atoms with E-state index >= 15 is 0 Å². The molecule has 0 spiro atoms. The first-order valence-corrected chi connectivity index (χ1v) is 5.64. The standard InChI is InChI=1S/C11H7Cl2F3N2/c1-6-4-7(2-3-8(6)12)18-10(13)5-9(17-18)11(14,15)16/h2-5H,1H3. The molecular formula is C11H7Cl2F3N2. The molecule has 0 radical (unpaired) electrons. The molecule has 2 rings (SSSR count). The van der Waals surface area contributed by atoms with Gasteiger partial charge in [-0.1, -0.05) is 23.2 Å². The Kier molecular flexibility index (Phi) is 3.29. The number of rotatable bonds is 1. The highest BCUT2D eigenvalue weighted by molar-refractivity contribution is 6.31. The highest BCUT2D eigenvalue weighted by Gasteiger charge is 2.34. The molecule has 0 saturated carbocycles. The minimum absolute atomic E-state index is 0.107. The third-order valence-corrected chi connectivity index (χ3v) is 3.04. The van der Waals surface area contributed by atoms with Crippen LogP contribution in [0.2, 0.25) is 10.2 Å². The molecule has 0 aliphatic carbocycles. The Morgan fingerprint density at radius 2 is 1.83 bits per heavy atom. The van der Waals surface area contributed by atoms with Crippen LogP contribution in [-0.2, 0) is 6.18 Å². The highest BCUT2D eigenvalue weighted by Crippen LogP contribution is 2.31. The normalized spacial score (nSPS) is 11.9. The maximum atomic E-state index is 12.5. The summed E-state index contributed by atoms with van der Waals surface area (Å²) in [6.07, 6.45) is -4.52. The van der Waals surface area contributed by atoms with Gasteiger partial charge in [-0.25, -0.2) is 4.68 Å². The number of benzene rings is 1. The summed E-state index contributed by atoms with van der Waals surface area (Å²) in [7, 11) is 0. The zero-order valence-electron chi connectivity index (χ0n) is 9.09. The SMILES string of the molecule is Cc1cc(-n2nc(C(F)(F)F)cc2Cl)ccc1Cl. The fraction of sp³-hybridized carbons (Fsp3) is 0.182. The molecule has 0 fully saturated rings. The fourth-order valence-corrected chi connectivity index (χ4v) is 1.79. The fourth-order valence-electron chi connectivity index (χ4n) is 1.44. The van der Waals surface area contributed by atoms with Crippen LogP contribution in [-0.4, -0.2) is 9.78 Å². The summed E-state index contributed by atoms with van der Waals surface area (Å²) >= 11 is 11.6. The van der Waals surface area contributed by atoms with Gasteiger partial charge in [0.1, 0.15) is 5.15 Å². The minimum atomic E-state index is -4.52. The van der Waals surface area contributed by atoms with E-state index in [9.17, 15) is 13.2 Å². The van der Waals surface area contributed by atoms with Gasteiger partial charge in [-0.05, 0) is 30.7 Å². The number of hydrogen-bond acceptors (Lipinski definition) is 1. The summed E-state index contributed by atoms with van der Waals surface area (Å²) < 4.78 is 38.5. The van der Waals surface area contributed by atoms with Gasteiger partial charge in [-0.3, -0.25) is 0 Å². The van der Waals surface area contributed by atoms with Crippen molar-refractivity contribution >= 4 is 23.2 Å². The van der Waals surface area contributed by atoms with Crippen molar-refractivity contribution in [1.29, 1.82) is 0 Å². The van der Waals surface area contributed by atoms with Crippen molar-refractivity contribution in [3.8, 4) is 5.69 Å². The first-order chi connectivity index (χ1) is 8.29. The summed E-state index contributed by atoms with van der Waals surface area (Å²) in [5.41, 5.74) is 0.131. The van der Waals surface area contributed by atoms with Gasteiger partial charge < -0.3 is 0 Å². The maximum Gasteiger partial charge on any atom is 0.435 e. The van der Waals surface area contributed by atoms with E-state index in [-0.39, 0.29) is 5.15 Å². The summed E-state index contributed by atoms with van der Waals surface area (Å²) in [5, 5.41) is 3.86. The van der Waals surface area contributed by atoms with Crippen LogP contribution in [0, 0.1) is 6.92 Å². The quantitative estimate of drug-likeness (QED) is 0.757. The summed E-state index contributed by atoms with van der Waals surface area (Å²) in [6, 6.07) is 5.53. The second-order valence-corrected chi connectivity index (χ2v) is 4.49. The number of alkyl halides is 3. The Balaban J connectivity index is 2.51. The average Bonchev–Trinajstić information content (AvgIpc) is 2.64. The molecule has 1 aromatic carbocycles. The van der Waals surface area contributed by atoms with Crippen molar-refractivity contribution in [3.63, 3.8) is 0 Å². The molecule has 2 nitrogen and oxygen atoms in total. The van der Waals surface area contributed by atoms with Crippen LogP contribution < -0.4 is 0 Å².